The standard InChI is InChI=1S/C20H25N5O/c1-13(2)11-25-12-21-9-18(25)10-22-20(26)17-7-5-6-16(8-17)19-14(3)23-15(4)24-19/h5-9,12-13H,10-11H2,1-4H3,(H,22,26)(H,23,24). The molecule has 6 heteroatoms. The Morgan fingerprint density at radius 2 is 2.12 bits per heavy atom. The van der Waals surface area contributed by atoms with Crippen LogP contribution in [0.2, 0.25) is 0 Å². The molecule has 136 valence electrons. The molecule has 0 fully saturated rings. The minimum Gasteiger partial charge on any atom is -0.346 e. The quantitative estimate of drug-likeness (QED) is 0.714. The van der Waals surface area contributed by atoms with Crippen LogP contribution in [0.5, 0.6) is 0 Å². The summed E-state index contributed by atoms with van der Waals surface area (Å²) >= 11 is 0. The number of hydrogen-bond acceptors (Lipinski definition) is 3. The lowest BCUT2D eigenvalue weighted by Crippen LogP contribution is -2.24. The van der Waals surface area contributed by atoms with Crippen LogP contribution in [0.15, 0.2) is 36.8 Å². The van der Waals surface area contributed by atoms with Crippen molar-refractivity contribution in [3.05, 3.63) is 59.6 Å². The number of nitrogens with one attached hydrogen (secondary N) is 2. The fraction of sp³-hybridized carbons (Fsp3) is 0.350. The Bertz CT molecular complexity index is 907. The lowest BCUT2D eigenvalue weighted by Gasteiger charge is -2.11. The van der Waals surface area contributed by atoms with E-state index in [0.29, 0.717) is 18.0 Å². The van der Waals surface area contributed by atoms with Crippen molar-refractivity contribution >= 4 is 5.91 Å². The second-order valence-corrected chi connectivity index (χ2v) is 6.99. The maximum Gasteiger partial charge on any atom is 0.251 e. The van der Waals surface area contributed by atoms with Crippen molar-refractivity contribution < 1.29 is 4.79 Å². The zero-order valence-corrected chi connectivity index (χ0v) is 15.7. The Morgan fingerprint density at radius 3 is 2.81 bits per heavy atom. The molecule has 0 aliphatic carbocycles. The molecule has 6 nitrogen and oxygen atoms in total. The topological polar surface area (TPSA) is 75.6 Å². The number of rotatable bonds is 6. The van der Waals surface area contributed by atoms with Gasteiger partial charge in [-0.25, -0.2) is 9.97 Å². The Balaban J connectivity index is 1.72. The Morgan fingerprint density at radius 1 is 1.31 bits per heavy atom. The number of hydrogen-bond donors (Lipinski definition) is 2. The van der Waals surface area contributed by atoms with Gasteiger partial charge in [-0.1, -0.05) is 26.0 Å². The number of carbonyl (C=O) groups is 1. The molecular weight excluding hydrogens is 326 g/mol. The summed E-state index contributed by atoms with van der Waals surface area (Å²) in [6.45, 7) is 9.57. The number of nitrogens with zero attached hydrogens (tertiary/aromatic N) is 3. The average molecular weight is 351 g/mol. The Labute approximate surface area is 153 Å². The summed E-state index contributed by atoms with van der Waals surface area (Å²) in [4.78, 5) is 24.5. The van der Waals surface area contributed by atoms with Gasteiger partial charge in [0.1, 0.15) is 5.82 Å². The van der Waals surface area contributed by atoms with E-state index in [4.69, 9.17) is 0 Å². The van der Waals surface area contributed by atoms with Crippen molar-refractivity contribution in [2.75, 3.05) is 0 Å². The molecule has 0 bridgehead atoms. The number of carbonyl (C=O) groups excluding carboxylic acids is 1. The number of aromatic amines is 1. The molecule has 3 aromatic rings. The summed E-state index contributed by atoms with van der Waals surface area (Å²) in [7, 11) is 0. The molecule has 2 N–H and O–H groups in total. The first-order valence-electron chi connectivity index (χ1n) is 8.85. The van der Waals surface area contributed by atoms with Crippen LogP contribution in [0.1, 0.15) is 41.4 Å². The normalized spacial score (nSPS) is 11.1. The van der Waals surface area contributed by atoms with Gasteiger partial charge in [0.05, 0.1) is 24.3 Å². The van der Waals surface area contributed by atoms with Crippen LogP contribution in [0.3, 0.4) is 0 Å². The van der Waals surface area contributed by atoms with Crippen molar-refractivity contribution in [2.45, 2.75) is 40.8 Å². The SMILES string of the molecule is Cc1nc(-c2cccc(C(=O)NCc3cncn3CC(C)C)c2)c(C)[nH]1. The lowest BCUT2D eigenvalue weighted by atomic mass is 10.1. The van der Waals surface area contributed by atoms with Crippen LogP contribution in [0.4, 0.5) is 0 Å². The number of imidazole rings is 2. The minimum absolute atomic E-state index is 0.103. The molecule has 0 unspecified atom stereocenters. The molecule has 0 saturated heterocycles. The number of aryl methyl sites for hydroxylation is 2. The van der Waals surface area contributed by atoms with E-state index in [2.05, 4.69) is 38.7 Å². The third kappa shape index (κ3) is 4.02. The van der Waals surface area contributed by atoms with Crippen LogP contribution in [-0.2, 0) is 13.1 Å². The fourth-order valence-corrected chi connectivity index (χ4v) is 3.02. The van der Waals surface area contributed by atoms with Crippen LogP contribution in [-0.4, -0.2) is 25.4 Å². The molecule has 0 saturated carbocycles. The molecule has 0 spiro atoms. The zero-order valence-electron chi connectivity index (χ0n) is 15.7. The molecule has 2 aromatic heterocycles. The van der Waals surface area contributed by atoms with Gasteiger partial charge in [-0.2, -0.15) is 0 Å². The molecule has 1 aromatic carbocycles. The van der Waals surface area contributed by atoms with Crippen LogP contribution >= 0.6 is 0 Å². The van der Waals surface area contributed by atoms with Gasteiger partial charge in [0.2, 0.25) is 0 Å². The highest BCUT2D eigenvalue weighted by Crippen LogP contribution is 2.22. The van der Waals surface area contributed by atoms with E-state index in [0.717, 1.165) is 35.0 Å². The van der Waals surface area contributed by atoms with Gasteiger partial charge in [0.15, 0.2) is 0 Å². The van der Waals surface area contributed by atoms with Crippen molar-refractivity contribution in [1.29, 1.82) is 0 Å². The van der Waals surface area contributed by atoms with Crippen LogP contribution < -0.4 is 5.32 Å². The summed E-state index contributed by atoms with van der Waals surface area (Å²) < 4.78 is 2.08. The van der Waals surface area contributed by atoms with Gasteiger partial charge < -0.3 is 14.9 Å². The summed E-state index contributed by atoms with van der Waals surface area (Å²) in [5, 5.41) is 2.99. The lowest BCUT2D eigenvalue weighted by molar-refractivity contribution is 0.0950. The molecule has 26 heavy (non-hydrogen) atoms. The number of amides is 1. The van der Waals surface area contributed by atoms with Crippen LogP contribution in [0, 0.1) is 19.8 Å². The van der Waals surface area contributed by atoms with E-state index in [1.165, 1.54) is 0 Å². The molecule has 3 rings (SSSR count). The first-order valence-corrected chi connectivity index (χ1v) is 8.85. The fourth-order valence-electron chi connectivity index (χ4n) is 3.02. The van der Waals surface area contributed by atoms with Gasteiger partial charge in [0, 0.05) is 29.6 Å². The van der Waals surface area contributed by atoms with Gasteiger partial charge in [-0.3, -0.25) is 4.79 Å². The molecule has 0 atom stereocenters. The summed E-state index contributed by atoms with van der Waals surface area (Å²) in [6.07, 6.45) is 3.61. The van der Waals surface area contributed by atoms with E-state index < -0.39 is 0 Å². The van der Waals surface area contributed by atoms with Gasteiger partial charge in [0.25, 0.3) is 5.91 Å². The molecule has 0 radical (unpaired) electrons. The number of aromatic nitrogens is 4. The maximum atomic E-state index is 12.6. The van der Waals surface area contributed by atoms with Crippen molar-refractivity contribution in [3.63, 3.8) is 0 Å². The van der Waals surface area contributed by atoms with Gasteiger partial charge in [-0.15, -0.1) is 0 Å². The van der Waals surface area contributed by atoms with E-state index >= 15 is 0 Å². The maximum absolute atomic E-state index is 12.6. The summed E-state index contributed by atoms with van der Waals surface area (Å²) in [6, 6.07) is 7.55. The molecule has 0 aliphatic rings. The zero-order chi connectivity index (χ0) is 18.7. The van der Waals surface area contributed by atoms with E-state index in [9.17, 15) is 4.79 Å². The smallest absolute Gasteiger partial charge is 0.251 e. The van der Waals surface area contributed by atoms with E-state index in [1.807, 2.05) is 44.4 Å². The second kappa shape index (κ2) is 7.56. The minimum atomic E-state index is -0.103. The third-order valence-corrected chi connectivity index (χ3v) is 4.19. The number of H-pyrrole nitrogens is 1. The predicted octanol–water partition coefficient (Wildman–Crippen LogP) is 3.48. The highest BCUT2D eigenvalue weighted by atomic mass is 16.1. The molecule has 1 amide bonds. The molecule has 0 aliphatic heterocycles. The average Bonchev–Trinajstić information content (AvgIpc) is 3.17. The van der Waals surface area contributed by atoms with Crippen LogP contribution in [0.25, 0.3) is 11.3 Å². The third-order valence-electron chi connectivity index (χ3n) is 4.19. The predicted molar refractivity (Wildman–Crippen MR) is 102 cm³/mol. The first kappa shape index (κ1) is 17.9. The van der Waals surface area contributed by atoms with Crippen molar-refractivity contribution in [3.8, 4) is 11.3 Å². The van der Waals surface area contributed by atoms with E-state index in [1.54, 1.807) is 6.20 Å². The summed E-state index contributed by atoms with van der Waals surface area (Å²) in [5.41, 5.74) is 4.44. The Hall–Kier alpha value is -2.89. The first-order chi connectivity index (χ1) is 12.4. The van der Waals surface area contributed by atoms with Crippen molar-refractivity contribution in [1.82, 2.24) is 24.8 Å². The highest BCUT2D eigenvalue weighted by Gasteiger charge is 2.12. The molecular formula is C20H25N5O. The Kier molecular flexibility index (Phi) is 5.21. The van der Waals surface area contributed by atoms with Gasteiger partial charge >= 0.3 is 0 Å². The largest absolute Gasteiger partial charge is 0.346 e. The van der Waals surface area contributed by atoms with E-state index in [-0.39, 0.29) is 5.91 Å². The summed E-state index contributed by atoms with van der Waals surface area (Å²) in [5.74, 6) is 1.29. The van der Waals surface area contributed by atoms with Crippen molar-refractivity contribution in [2.24, 2.45) is 5.92 Å². The second-order valence-electron chi connectivity index (χ2n) is 6.99. The monoisotopic (exact) mass is 351 g/mol. The molecule has 2 heterocycles. The highest BCUT2D eigenvalue weighted by molar-refractivity contribution is 5.95. The van der Waals surface area contributed by atoms with Gasteiger partial charge in [-0.05, 0) is 31.9 Å². The number of benzene rings is 1.